The van der Waals surface area contributed by atoms with Crippen molar-refractivity contribution >= 4 is 11.6 Å². The number of piperidine rings is 2. The van der Waals surface area contributed by atoms with Gasteiger partial charge >= 0.3 is 0 Å². The van der Waals surface area contributed by atoms with E-state index in [2.05, 4.69) is 51.2 Å². The Labute approximate surface area is 180 Å². The maximum absolute atomic E-state index is 6.39. The van der Waals surface area contributed by atoms with Crippen LogP contribution >= 0.6 is 11.6 Å². The van der Waals surface area contributed by atoms with Crippen LogP contribution in [0.15, 0.2) is 54.6 Å². The van der Waals surface area contributed by atoms with Crippen LogP contribution in [0, 0.1) is 11.8 Å². The molecule has 29 heavy (non-hydrogen) atoms. The Balaban J connectivity index is 1.73. The second-order valence-electron chi connectivity index (χ2n) is 7.94. The van der Waals surface area contributed by atoms with Crippen molar-refractivity contribution in [2.45, 2.75) is 44.6 Å². The molecule has 4 rings (SSSR count). The minimum absolute atomic E-state index is 0.0369. The van der Waals surface area contributed by atoms with Gasteiger partial charge in [-0.3, -0.25) is 0 Å². The molecule has 0 amide bonds. The van der Waals surface area contributed by atoms with Gasteiger partial charge in [-0.25, -0.2) is 10.0 Å². The second kappa shape index (κ2) is 10.3. The second-order valence-corrected chi connectivity index (χ2v) is 8.38. The Morgan fingerprint density at radius 2 is 1.38 bits per heavy atom. The topological polar surface area (TPSA) is 9.72 Å². The molecule has 2 aromatic rings. The maximum Gasteiger partial charge on any atom is 0.126 e. The van der Waals surface area contributed by atoms with Crippen LogP contribution in [-0.4, -0.2) is 41.3 Å². The van der Waals surface area contributed by atoms with E-state index in [1.807, 2.05) is 30.3 Å². The van der Waals surface area contributed by atoms with Crippen LogP contribution in [-0.2, 0) is 0 Å². The van der Waals surface area contributed by atoms with Crippen LogP contribution in [0.25, 0.3) is 0 Å². The SMILES string of the molecule is Clc1cccc(C(C#Cc2ccccc2)N(N2CCCCC2)N2CCCCC2)c1. The number of hydrogen-bond donors (Lipinski definition) is 0. The van der Waals surface area contributed by atoms with E-state index in [4.69, 9.17) is 11.6 Å². The summed E-state index contributed by atoms with van der Waals surface area (Å²) in [6.07, 6.45) is 7.64. The average Bonchev–Trinajstić information content (AvgIpc) is 2.78. The Bertz CT molecular complexity index is 812. The summed E-state index contributed by atoms with van der Waals surface area (Å²) < 4.78 is 0. The zero-order valence-electron chi connectivity index (χ0n) is 17.1. The van der Waals surface area contributed by atoms with Gasteiger partial charge in [0.2, 0.25) is 0 Å². The summed E-state index contributed by atoms with van der Waals surface area (Å²) in [5.74, 6) is 7.04. The van der Waals surface area contributed by atoms with Crippen molar-refractivity contribution < 1.29 is 0 Å². The molecule has 2 aliphatic heterocycles. The summed E-state index contributed by atoms with van der Waals surface area (Å²) >= 11 is 6.39. The Hall–Kier alpha value is -1.83. The highest BCUT2D eigenvalue weighted by Crippen LogP contribution is 2.30. The quantitative estimate of drug-likeness (QED) is 0.616. The van der Waals surface area contributed by atoms with Gasteiger partial charge in [-0.05, 0) is 55.5 Å². The van der Waals surface area contributed by atoms with Gasteiger partial charge in [-0.15, -0.1) is 0 Å². The maximum atomic E-state index is 6.39. The van der Waals surface area contributed by atoms with Gasteiger partial charge in [0.25, 0.3) is 0 Å². The summed E-state index contributed by atoms with van der Waals surface area (Å²) in [6.45, 7) is 4.39. The van der Waals surface area contributed by atoms with E-state index in [-0.39, 0.29) is 6.04 Å². The molecule has 0 bridgehead atoms. The minimum atomic E-state index is -0.0369. The summed E-state index contributed by atoms with van der Waals surface area (Å²) in [7, 11) is 0. The van der Waals surface area contributed by atoms with Crippen molar-refractivity contribution in [1.82, 2.24) is 15.1 Å². The fourth-order valence-corrected chi connectivity index (χ4v) is 4.49. The third-order valence-corrected chi connectivity index (χ3v) is 6.00. The molecule has 0 radical (unpaired) electrons. The van der Waals surface area contributed by atoms with Crippen LogP contribution in [0.2, 0.25) is 5.02 Å². The predicted octanol–water partition coefficient (Wildman–Crippen LogP) is 5.54. The van der Waals surface area contributed by atoms with Crippen molar-refractivity contribution in [2.24, 2.45) is 0 Å². The molecule has 2 aliphatic rings. The molecule has 1 unspecified atom stereocenters. The highest BCUT2D eigenvalue weighted by Gasteiger charge is 2.32. The lowest BCUT2D eigenvalue weighted by molar-refractivity contribution is -0.214. The molecule has 0 spiro atoms. The first-order valence-corrected chi connectivity index (χ1v) is 11.3. The molecule has 152 valence electrons. The third-order valence-electron chi connectivity index (χ3n) is 5.77. The van der Waals surface area contributed by atoms with E-state index in [0.717, 1.165) is 42.3 Å². The fourth-order valence-electron chi connectivity index (χ4n) is 4.29. The number of benzene rings is 2. The summed E-state index contributed by atoms with van der Waals surface area (Å²) in [5, 5.41) is 8.30. The first-order valence-electron chi connectivity index (χ1n) is 10.9. The molecule has 2 saturated heterocycles. The lowest BCUT2D eigenvalue weighted by Crippen LogP contribution is -2.57. The molecular formula is C25H30ClN3. The van der Waals surface area contributed by atoms with E-state index in [1.165, 1.54) is 38.5 Å². The Morgan fingerprint density at radius 3 is 1.97 bits per heavy atom. The van der Waals surface area contributed by atoms with E-state index >= 15 is 0 Å². The zero-order chi connectivity index (χ0) is 19.9. The van der Waals surface area contributed by atoms with Crippen LogP contribution in [0.1, 0.15) is 55.7 Å². The molecule has 0 saturated carbocycles. The lowest BCUT2D eigenvalue weighted by atomic mass is 10.1. The summed E-state index contributed by atoms with van der Waals surface area (Å²) in [6, 6.07) is 18.5. The number of hydrogen-bond acceptors (Lipinski definition) is 3. The van der Waals surface area contributed by atoms with Crippen molar-refractivity contribution in [3.8, 4) is 11.8 Å². The molecule has 0 aliphatic carbocycles. The Kier molecular flexibility index (Phi) is 7.24. The van der Waals surface area contributed by atoms with Crippen LogP contribution in [0.5, 0.6) is 0 Å². The minimum Gasteiger partial charge on any atom is -0.226 e. The number of nitrogens with zero attached hydrogens (tertiary/aromatic N) is 3. The van der Waals surface area contributed by atoms with E-state index in [1.54, 1.807) is 0 Å². The highest BCUT2D eigenvalue weighted by atomic mass is 35.5. The van der Waals surface area contributed by atoms with Gasteiger partial charge in [0.15, 0.2) is 0 Å². The zero-order valence-corrected chi connectivity index (χ0v) is 17.8. The van der Waals surface area contributed by atoms with E-state index in [9.17, 15) is 0 Å². The largest absolute Gasteiger partial charge is 0.226 e. The van der Waals surface area contributed by atoms with Crippen LogP contribution in [0.3, 0.4) is 0 Å². The van der Waals surface area contributed by atoms with E-state index < -0.39 is 0 Å². The molecule has 2 fully saturated rings. The normalized spacial score (nSPS) is 19.5. The molecule has 0 N–H and O–H groups in total. The van der Waals surface area contributed by atoms with Gasteiger partial charge in [0, 0.05) is 36.8 Å². The number of rotatable bonds is 4. The molecule has 0 aromatic heterocycles. The highest BCUT2D eigenvalue weighted by molar-refractivity contribution is 6.30. The number of hydrazine groups is 2. The number of halogens is 1. The third kappa shape index (κ3) is 5.41. The molecule has 2 heterocycles. The van der Waals surface area contributed by atoms with Gasteiger partial charge in [-0.1, -0.05) is 66.6 Å². The van der Waals surface area contributed by atoms with Gasteiger partial charge in [0.05, 0.1) is 0 Å². The molecule has 1 atom stereocenters. The van der Waals surface area contributed by atoms with Gasteiger partial charge < -0.3 is 0 Å². The molecule has 3 nitrogen and oxygen atoms in total. The van der Waals surface area contributed by atoms with Gasteiger partial charge in [-0.2, -0.15) is 5.12 Å². The fraction of sp³-hybridized carbons (Fsp3) is 0.440. The van der Waals surface area contributed by atoms with Crippen LogP contribution in [0.4, 0.5) is 0 Å². The average molecular weight is 408 g/mol. The standard InChI is InChI=1S/C25H30ClN3/c26-24-14-10-13-23(21-24)25(16-15-22-11-4-1-5-12-22)29(27-17-6-2-7-18-27)28-19-8-3-9-20-28/h1,4-5,10-14,21,25H,2-3,6-9,17-20H2. The van der Waals surface area contributed by atoms with Crippen molar-refractivity contribution in [1.29, 1.82) is 0 Å². The van der Waals surface area contributed by atoms with Crippen LogP contribution < -0.4 is 0 Å². The van der Waals surface area contributed by atoms with E-state index in [0.29, 0.717) is 0 Å². The first-order chi connectivity index (χ1) is 14.3. The van der Waals surface area contributed by atoms with Crippen molar-refractivity contribution in [3.63, 3.8) is 0 Å². The smallest absolute Gasteiger partial charge is 0.126 e. The summed E-state index contributed by atoms with van der Waals surface area (Å²) in [4.78, 5) is 0. The molecule has 4 heteroatoms. The van der Waals surface area contributed by atoms with Crippen molar-refractivity contribution in [3.05, 3.63) is 70.7 Å². The Morgan fingerprint density at radius 1 is 0.759 bits per heavy atom. The van der Waals surface area contributed by atoms with Crippen molar-refractivity contribution in [2.75, 3.05) is 26.2 Å². The predicted molar refractivity (Wildman–Crippen MR) is 120 cm³/mol. The summed E-state index contributed by atoms with van der Waals surface area (Å²) in [5.41, 5.74) is 2.22. The molecule has 2 aromatic carbocycles. The first kappa shape index (κ1) is 20.4. The van der Waals surface area contributed by atoms with Gasteiger partial charge in [0.1, 0.15) is 6.04 Å². The lowest BCUT2D eigenvalue weighted by Gasteiger charge is -2.47. The monoisotopic (exact) mass is 407 g/mol. The molecular weight excluding hydrogens is 378 g/mol.